The van der Waals surface area contributed by atoms with Crippen molar-refractivity contribution < 1.29 is 17.9 Å². The fourth-order valence-electron chi connectivity index (χ4n) is 3.06. The molecule has 2 atom stereocenters. The minimum absolute atomic E-state index is 0.135. The number of thiazole rings is 1. The molecule has 0 aromatic carbocycles. The highest BCUT2D eigenvalue weighted by molar-refractivity contribution is 7.88. The Balaban J connectivity index is 1.79. The number of likely N-dealkylation sites (tertiary alicyclic amines) is 1. The summed E-state index contributed by atoms with van der Waals surface area (Å²) in [7, 11) is -3.30. The van der Waals surface area contributed by atoms with E-state index < -0.39 is 10.0 Å². The molecule has 1 aromatic heterocycles. The van der Waals surface area contributed by atoms with Gasteiger partial charge in [0.2, 0.25) is 10.0 Å². The lowest BCUT2D eigenvalue weighted by atomic mass is 10.0. The van der Waals surface area contributed by atoms with Crippen molar-refractivity contribution in [1.82, 2.24) is 14.2 Å². The van der Waals surface area contributed by atoms with E-state index in [2.05, 4.69) is 4.98 Å². The molecule has 2 saturated heterocycles. The van der Waals surface area contributed by atoms with Crippen LogP contribution < -0.4 is 0 Å². The second kappa shape index (κ2) is 5.88. The standard InChI is InChI=1S/C13H19N3O4S2/c1-9-14-10(8-21-9)13(17)15-4-3-12-11(7-15)16(5-6-20-12)22(2,18)19/h8,11-12H,3-7H2,1-2H3/t11-,12-/m1/s1. The summed E-state index contributed by atoms with van der Waals surface area (Å²) in [5.74, 6) is -0.137. The third kappa shape index (κ3) is 3.03. The molecule has 22 heavy (non-hydrogen) atoms. The van der Waals surface area contributed by atoms with E-state index >= 15 is 0 Å². The van der Waals surface area contributed by atoms with Gasteiger partial charge in [0.25, 0.3) is 5.91 Å². The van der Waals surface area contributed by atoms with Crippen molar-refractivity contribution in [3.8, 4) is 0 Å². The number of hydrogen-bond donors (Lipinski definition) is 0. The molecular weight excluding hydrogens is 326 g/mol. The van der Waals surface area contributed by atoms with E-state index in [1.54, 1.807) is 10.3 Å². The summed E-state index contributed by atoms with van der Waals surface area (Å²) in [5.41, 5.74) is 0.434. The molecule has 0 saturated carbocycles. The minimum Gasteiger partial charge on any atom is -0.375 e. The molecule has 0 unspecified atom stereocenters. The monoisotopic (exact) mass is 345 g/mol. The predicted molar refractivity (Wildman–Crippen MR) is 82.4 cm³/mol. The quantitative estimate of drug-likeness (QED) is 0.771. The zero-order valence-electron chi connectivity index (χ0n) is 12.6. The maximum Gasteiger partial charge on any atom is 0.273 e. The lowest BCUT2D eigenvalue weighted by Gasteiger charge is -2.45. The predicted octanol–water partition coefficient (Wildman–Crippen LogP) is 0.326. The van der Waals surface area contributed by atoms with E-state index in [0.717, 1.165) is 5.01 Å². The van der Waals surface area contributed by atoms with Gasteiger partial charge in [-0.3, -0.25) is 4.79 Å². The molecule has 0 N–H and O–H groups in total. The molecule has 1 aromatic rings. The molecule has 122 valence electrons. The zero-order chi connectivity index (χ0) is 15.9. The number of hydrogen-bond acceptors (Lipinski definition) is 6. The fourth-order valence-corrected chi connectivity index (χ4v) is 4.75. The van der Waals surface area contributed by atoms with Gasteiger partial charge in [-0.25, -0.2) is 13.4 Å². The topological polar surface area (TPSA) is 79.8 Å². The first-order chi connectivity index (χ1) is 10.4. The summed E-state index contributed by atoms with van der Waals surface area (Å²) >= 11 is 1.43. The van der Waals surface area contributed by atoms with Gasteiger partial charge in [-0.2, -0.15) is 4.31 Å². The van der Waals surface area contributed by atoms with Crippen LogP contribution in [0.1, 0.15) is 21.9 Å². The Morgan fingerprint density at radius 3 is 2.86 bits per heavy atom. The third-order valence-corrected chi connectivity index (χ3v) is 6.16. The number of fused-ring (bicyclic) bond motifs is 1. The molecule has 0 aliphatic carbocycles. The van der Waals surface area contributed by atoms with Crippen LogP contribution in [0.25, 0.3) is 0 Å². The van der Waals surface area contributed by atoms with Gasteiger partial charge in [0, 0.05) is 25.0 Å². The van der Waals surface area contributed by atoms with Crippen molar-refractivity contribution in [3.05, 3.63) is 16.1 Å². The smallest absolute Gasteiger partial charge is 0.273 e. The highest BCUT2D eigenvalue weighted by atomic mass is 32.2. The van der Waals surface area contributed by atoms with Crippen LogP contribution in [0.3, 0.4) is 0 Å². The van der Waals surface area contributed by atoms with Gasteiger partial charge < -0.3 is 9.64 Å². The molecule has 0 spiro atoms. The van der Waals surface area contributed by atoms with E-state index in [1.807, 2.05) is 6.92 Å². The molecular formula is C13H19N3O4S2. The first-order valence-electron chi connectivity index (χ1n) is 7.16. The van der Waals surface area contributed by atoms with Crippen LogP contribution in [-0.4, -0.2) is 73.2 Å². The number of morpholine rings is 1. The van der Waals surface area contributed by atoms with Crippen LogP contribution in [0.15, 0.2) is 5.38 Å². The SMILES string of the molecule is Cc1nc(C(=O)N2CC[C@H]3OCCN(S(C)(=O)=O)[C@@H]3C2)cs1. The van der Waals surface area contributed by atoms with Crippen molar-refractivity contribution in [1.29, 1.82) is 0 Å². The maximum absolute atomic E-state index is 12.5. The second-order valence-electron chi connectivity index (χ2n) is 5.64. The number of rotatable bonds is 2. The normalized spacial score (nSPS) is 26.7. The number of nitrogens with zero attached hydrogens (tertiary/aromatic N) is 3. The number of carbonyl (C=O) groups is 1. The van der Waals surface area contributed by atoms with Crippen LogP contribution in [0.5, 0.6) is 0 Å². The van der Waals surface area contributed by atoms with E-state index in [4.69, 9.17) is 4.74 Å². The van der Waals surface area contributed by atoms with Crippen LogP contribution in [0.2, 0.25) is 0 Å². The molecule has 2 aliphatic heterocycles. The molecule has 3 rings (SSSR count). The number of aryl methyl sites for hydroxylation is 1. The number of aromatic nitrogens is 1. The van der Waals surface area contributed by atoms with Gasteiger partial charge in [-0.05, 0) is 13.3 Å². The number of piperidine rings is 1. The molecule has 1 amide bonds. The summed E-state index contributed by atoms with van der Waals surface area (Å²) in [6.07, 6.45) is 1.72. The molecule has 0 bridgehead atoms. The Morgan fingerprint density at radius 1 is 1.45 bits per heavy atom. The molecule has 0 radical (unpaired) electrons. The number of amides is 1. The third-order valence-electron chi connectivity index (χ3n) is 4.08. The Bertz CT molecular complexity index is 673. The first kappa shape index (κ1) is 15.9. The van der Waals surface area contributed by atoms with Gasteiger partial charge in [-0.15, -0.1) is 11.3 Å². The average Bonchev–Trinajstić information content (AvgIpc) is 2.91. The molecule has 2 aliphatic rings. The van der Waals surface area contributed by atoms with Crippen molar-refractivity contribution in [2.24, 2.45) is 0 Å². The van der Waals surface area contributed by atoms with Crippen LogP contribution >= 0.6 is 11.3 Å². The number of ether oxygens (including phenoxy) is 1. The largest absolute Gasteiger partial charge is 0.375 e. The van der Waals surface area contributed by atoms with Crippen LogP contribution in [0.4, 0.5) is 0 Å². The van der Waals surface area contributed by atoms with Crippen molar-refractivity contribution in [2.45, 2.75) is 25.5 Å². The Hall–Kier alpha value is -1.03. The summed E-state index contributed by atoms with van der Waals surface area (Å²) in [4.78, 5) is 18.4. The van der Waals surface area contributed by atoms with Gasteiger partial charge in [0.1, 0.15) is 5.69 Å². The summed E-state index contributed by atoms with van der Waals surface area (Å²) < 4.78 is 31.0. The molecule has 9 heteroatoms. The number of carbonyl (C=O) groups excluding carboxylic acids is 1. The Kier molecular flexibility index (Phi) is 4.23. The second-order valence-corrected chi connectivity index (χ2v) is 8.64. The lowest BCUT2D eigenvalue weighted by Crippen LogP contribution is -2.61. The van der Waals surface area contributed by atoms with Gasteiger partial charge in [0.05, 0.1) is 30.0 Å². The van der Waals surface area contributed by atoms with Crippen molar-refractivity contribution in [2.75, 3.05) is 32.5 Å². The van der Waals surface area contributed by atoms with Crippen LogP contribution in [0, 0.1) is 6.92 Å². The molecule has 2 fully saturated rings. The molecule has 7 nitrogen and oxygen atoms in total. The van der Waals surface area contributed by atoms with E-state index in [9.17, 15) is 13.2 Å². The van der Waals surface area contributed by atoms with Crippen molar-refractivity contribution >= 4 is 27.3 Å². The van der Waals surface area contributed by atoms with Gasteiger partial charge >= 0.3 is 0 Å². The summed E-state index contributed by atoms with van der Waals surface area (Å²) in [6.45, 7) is 3.53. The fraction of sp³-hybridized carbons (Fsp3) is 0.692. The summed E-state index contributed by atoms with van der Waals surface area (Å²) in [6, 6.07) is -0.304. The van der Waals surface area contributed by atoms with Gasteiger partial charge in [0.15, 0.2) is 0 Å². The van der Waals surface area contributed by atoms with Crippen LogP contribution in [-0.2, 0) is 14.8 Å². The zero-order valence-corrected chi connectivity index (χ0v) is 14.2. The average molecular weight is 345 g/mol. The Morgan fingerprint density at radius 2 is 2.23 bits per heavy atom. The summed E-state index contributed by atoms with van der Waals surface area (Å²) in [5, 5.41) is 2.59. The van der Waals surface area contributed by atoms with Gasteiger partial charge in [-0.1, -0.05) is 0 Å². The van der Waals surface area contributed by atoms with E-state index in [1.165, 1.54) is 21.9 Å². The Labute approximate surface area is 133 Å². The highest BCUT2D eigenvalue weighted by Crippen LogP contribution is 2.26. The minimum atomic E-state index is -3.30. The van der Waals surface area contributed by atoms with E-state index in [0.29, 0.717) is 38.4 Å². The van der Waals surface area contributed by atoms with E-state index in [-0.39, 0.29) is 18.1 Å². The maximum atomic E-state index is 12.5. The molecule has 3 heterocycles. The first-order valence-corrected chi connectivity index (χ1v) is 9.89. The number of sulfonamides is 1. The van der Waals surface area contributed by atoms with Crippen molar-refractivity contribution in [3.63, 3.8) is 0 Å². The lowest BCUT2D eigenvalue weighted by molar-refractivity contribution is -0.0705. The highest BCUT2D eigenvalue weighted by Gasteiger charge is 2.42.